The third kappa shape index (κ3) is 3.46. The van der Waals surface area contributed by atoms with Crippen LogP contribution in [-0.4, -0.2) is 21.6 Å². The van der Waals surface area contributed by atoms with Gasteiger partial charge in [0.25, 0.3) is 0 Å². The normalized spacial score (nSPS) is 11.1. The zero-order valence-corrected chi connectivity index (χ0v) is 16.7. The van der Waals surface area contributed by atoms with E-state index in [0.717, 1.165) is 23.0 Å². The summed E-state index contributed by atoms with van der Waals surface area (Å²) in [5, 5.41) is 2.11. The highest BCUT2D eigenvalue weighted by molar-refractivity contribution is 5.84. The number of para-hydroxylation sites is 1. The van der Waals surface area contributed by atoms with Crippen LogP contribution in [0.2, 0.25) is 0 Å². The van der Waals surface area contributed by atoms with Crippen molar-refractivity contribution in [2.45, 2.75) is 13.2 Å². The van der Waals surface area contributed by atoms with Crippen molar-refractivity contribution in [3.63, 3.8) is 0 Å². The van der Waals surface area contributed by atoms with Crippen molar-refractivity contribution in [2.24, 2.45) is 0 Å². The van der Waals surface area contributed by atoms with Crippen LogP contribution in [0.1, 0.15) is 11.1 Å². The van der Waals surface area contributed by atoms with E-state index in [1.807, 2.05) is 18.2 Å². The highest BCUT2D eigenvalue weighted by Gasteiger charge is 2.12. The molecule has 0 aliphatic rings. The minimum absolute atomic E-state index is 0.440. The molecule has 148 valence electrons. The Balaban J connectivity index is 1.47. The van der Waals surface area contributed by atoms with Crippen LogP contribution in [0.4, 0.5) is 0 Å². The molecule has 5 nitrogen and oxygen atoms in total. The van der Waals surface area contributed by atoms with E-state index in [1.165, 1.54) is 22.8 Å². The molecule has 0 bridgehead atoms. The second-order valence-corrected chi connectivity index (χ2v) is 7.16. The number of hydrogen-bond donors (Lipinski definition) is 0. The maximum absolute atomic E-state index is 6.20. The Kier molecular flexibility index (Phi) is 4.77. The van der Waals surface area contributed by atoms with E-state index in [0.29, 0.717) is 18.1 Å². The average Bonchev–Trinajstić information content (AvgIpc) is 3.15. The molecular weight excluding hydrogens is 374 g/mol. The number of benzene rings is 3. The predicted octanol–water partition coefficient (Wildman–Crippen LogP) is 5.22. The fraction of sp³-hybridized carbons (Fsp3) is 0.120. The molecule has 5 heteroatoms. The summed E-state index contributed by atoms with van der Waals surface area (Å²) in [7, 11) is 1.64. The minimum Gasteiger partial charge on any atom is -0.493 e. The smallest absolute Gasteiger partial charge is 0.163 e. The van der Waals surface area contributed by atoms with Gasteiger partial charge in [0.2, 0.25) is 0 Å². The number of ether oxygens (including phenoxy) is 2. The molecule has 0 saturated heterocycles. The van der Waals surface area contributed by atoms with E-state index in [2.05, 4.69) is 69.3 Å². The van der Waals surface area contributed by atoms with Crippen LogP contribution in [-0.2, 0) is 13.2 Å². The van der Waals surface area contributed by atoms with Crippen molar-refractivity contribution >= 4 is 21.8 Å². The van der Waals surface area contributed by atoms with Gasteiger partial charge in [0.1, 0.15) is 12.9 Å². The monoisotopic (exact) mass is 395 g/mol. The second kappa shape index (κ2) is 7.87. The largest absolute Gasteiger partial charge is 0.493 e. The van der Waals surface area contributed by atoms with E-state index >= 15 is 0 Å². The predicted molar refractivity (Wildman–Crippen MR) is 118 cm³/mol. The van der Waals surface area contributed by atoms with Gasteiger partial charge in [-0.2, -0.15) is 0 Å². The molecule has 0 radical (unpaired) electrons. The van der Waals surface area contributed by atoms with E-state index < -0.39 is 0 Å². The first-order valence-corrected chi connectivity index (χ1v) is 9.83. The summed E-state index contributed by atoms with van der Waals surface area (Å²) in [6, 6.07) is 22.7. The van der Waals surface area contributed by atoms with Crippen molar-refractivity contribution in [1.29, 1.82) is 0 Å². The Labute approximate surface area is 174 Å². The number of hydrogen-bond acceptors (Lipinski definition) is 4. The first-order valence-electron chi connectivity index (χ1n) is 9.83. The second-order valence-electron chi connectivity index (χ2n) is 7.16. The fourth-order valence-electron chi connectivity index (χ4n) is 3.77. The van der Waals surface area contributed by atoms with Crippen LogP contribution in [0.25, 0.3) is 21.8 Å². The quantitative estimate of drug-likeness (QED) is 0.395. The Hall–Kier alpha value is -3.86. The molecule has 30 heavy (non-hydrogen) atoms. The SMILES string of the molecule is COc1cc2cncnc2cc1OCc1cn(Cc2ccccc2)c2ccccc12. The first kappa shape index (κ1) is 18.2. The molecule has 0 N–H and O–H groups in total. The Morgan fingerprint density at radius 3 is 2.63 bits per heavy atom. The maximum atomic E-state index is 6.20. The van der Waals surface area contributed by atoms with Crippen LogP contribution in [0.5, 0.6) is 11.5 Å². The number of fused-ring (bicyclic) bond motifs is 2. The van der Waals surface area contributed by atoms with E-state index in [4.69, 9.17) is 9.47 Å². The molecule has 0 unspecified atom stereocenters. The van der Waals surface area contributed by atoms with E-state index in [1.54, 1.807) is 13.3 Å². The minimum atomic E-state index is 0.440. The Bertz CT molecular complexity index is 1310. The molecule has 0 amide bonds. The summed E-state index contributed by atoms with van der Waals surface area (Å²) in [4.78, 5) is 8.39. The van der Waals surface area contributed by atoms with Gasteiger partial charge in [-0.25, -0.2) is 9.97 Å². The van der Waals surface area contributed by atoms with Crippen molar-refractivity contribution in [3.8, 4) is 11.5 Å². The van der Waals surface area contributed by atoms with Gasteiger partial charge < -0.3 is 14.0 Å². The van der Waals surface area contributed by atoms with Crippen LogP contribution < -0.4 is 9.47 Å². The summed E-state index contributed by atoms with van der Waals surface area (Å²) in [6.45, 7) is 1.26. The lowest BCUT2D eigenvalue weighted by molar-refractivity contribution is 0.286. The maximum Gasteiger partial charge on any atom is 0.163 e. The van der Waals surface area contributed by atoms with Crippen molar-refractivity contribution in [1.82, 2.24) is 14.5 Å². The number of methoxy groups -OCH3 is 1. The van der Waals surface area contributed by atoms with Crippen LogP contribution in [0.15, 0.2) is 85.5 Å². The lowest BCUT2D eigenvalue weighted by Crippen LogP contribution is -1.99. The zero-order chi connectivity index (χ0) is 20.3. The molecule has 2 heterocycles. The van der Waals surface area contributed by atoms with Gasteiger partial charge >= 0.3 is 0 Å². The highest BCUT2D eigenvalue weighted by atomic mass is 16.5. The average molecular weight is 395 g/mol. The molecule has 0 fully saturated rings. The van der Waals surface area contributed by atoms with Crippen LogP contribution in [0.3, 0.4) is 0 Å². The molecule has 0 aliphatic heterocycles. The lowest BCUT2D eigenvalue weighted by Gasteiger charge is -2.11. The molecule has 0 spiro atoms. The third-order valence-electron chi connectivity index (χ3n) is 5.24. The summed E-state index contributed by atoms with van der Waals surface area (Å²) in [5.41, 5.74) is 4.42. The molecule has 5 rings (SSSR count). The van der Waals surface area contributed by atoms with Gasteiger partial charge in [-0.1, -0.05) is 48.5 Å². The summed E-state index contributed by atoms with van der Waals surface area (Å²) in [5.74, 6) is 1.34. The molecule has 0 atom stereocenters. The third-order valence-corrected chi connectivity index (χ3v) is 5.24. The molecule has 0 aliphatic carbocycles. The number of rotatable bonds is 6. The molecular formula is C25H21N3O2. The van der Waals surface area contributed by atoms with Crippen LogP contribution in [0, 0.1) is 0 Å². The topological polar surface area (TPSA) is 49.2 Å². The molecule has 3 aromatic carbocycles. The highest BCUT2D eigenvalue weighted by Crippen LogP contribution is 2.32. The fourth-order valence-corrected chi connectivity index (χ4v) is 3.77. The van der Waals surface area contributed by atoms with Gasteiger partial charge in [-0.15, -0.1) is 0 Å². The van der Waals surface area contributed by atoms with Crippen molar-refractivity contribution in [3.05, 3.63) is 96.6 Å². The Morgan fingerprint density at radius 1 is 0.933 bits per heavy atom. The summed E-state index contributed by atoms with van der Waals surface area (Å²) >= 11 is 0. The van der Waals surface area contributed by atoms with Gasteiger partial charge in [0, 0.05) is 46.9 Å². The summed E-state index contributed by atoms with van der Waals surface area (Å²) in [6.07, 6.45) is 5.48. The first-order chi connectivity index (χ1) is 14.8. The molecule has 2 aromatic heterocycles. The number of aromatic nitrogens is 3. The van der Waals surface area contributed by atoms with E-state index in [-0.39, 0.29) is 0 Å². The number of nitrogens with zero attached hydrogens (tertiary/aromatic N) is 3. The van der Waals surface area contributed by atoms with Crippen molar-refractivity contribution < 1.29 is 9.47 Å². The Morgan fingerprint density at radius 2 is 1.77 bits per heavy atom. The van der Waals surface area contributed by atoms with Gasteiger partial charge in [0.15, 0.2) is 11.5 Å². The lowest BCUT2D eigenvalue weighted by atomic mass is 10.2. The molecule has 0 saturated carbocycles. The van der Waals surface area contributed by atoms with Gasteiger partial charge in [-0.3, -0.25) is 0 Å². The van der Waals surface area contributed by atoms with Gasteiger partial charge in [-0.05, 0) is 17.7 Å². The molecule has 5 aromatic rings. The van der Waals surface area contributed by atoms with Crippen molar-refractivity contribution in [2.75, 3.05) is 7.11 Å². The van der Waals surface area contributed by atoms with Gasteiger partial charge in [0.05, 0.1) is 12.6 Å². The zero-order valence-electron chi connectivity index (χ0n) is 16.7. The summed E-state index contributed by atoms with van der Waals surface area (Å²) < 4.78 is 14.0. The van der Waals surface area contributed by atoms with E-state index in [9.17, 15) is 0 Å². The standard InChI is InChI=1S/C25H21N3O2/c1-29-24-11-19-13-26-17-27-22(19)12-25(24)30-16-20-15-28(14-18-7-3-2-4-8-18)23-10-6-5-9-21(20)23/h2-13,15,17H,14,16H2,1H3. The van der Waals surface area contributed by atoms with Crippen LogP contribution >= 0.6 is 0 Å².